The van der Waals surface area contributed by atoms with Gasteiger partial charge in [-0.25, -0.2) is 0 Å². The predicted molar refractivity (Wildman–Crippen MR) is 95.6 cm³/mol. The maximum atomic E-state index is 3.52. The molecule has 0 saturated heterocycles. The van der Waals surface area contributed by atoms with Crippen LogP contribution >= 0.6 is 23.1 Å². The van der Waals surface area contributed by atoms with E-state index in [1.165, 1.54) is 46.0 Å². The molecule has 0 aliphatic heterocycles. The van der Waals surface area contributed by atoms with Crippen molar-refractivity contribution in [2.24, 2.45) is 0 Å². The Morgan fingerprint density at radius 3 is 2.43 bits per heavy atom. The molecule has 0 atom stereocenters. The zero-order valence-electron chi connectivity index (χ0n) is 12.6. The van der Waals surface area contributed by atoms with E-state index >= 15 is 0 Å². The van der Waals surface area contributed by atoms with Crippen molar-refractivity contribution in [2.45, 2.75) is 55.7 Å². The predicted octanol–water partition coefficient (Wildman–Crippen LogP) is 5.96. The first-order valence-corrected chi connectivity index (χ1v) is 9.61. The zero-order valence-corrected chi connectivity index (χ0v) is 14.2. The van der Waals surface area contributed by atoms with E-state index in [4.69, 9.17) is 0 Å². The van der Waals surface area contributed by atoms with E-state index in [0.717, 1.165) is 18.2 Å². The molecule has 3 rings (SSSR count). The minimum absolute atomic E-state index is 0.849. The Morgan fingerprint density at radius 1 is 1.05 bits per heavy atom. The molecule has 1 aliphatic rings. The molecule has 3 heteroatoms. The molecule has 1 aromatic carbocycles. The van der Waals surface area contributed by atoms with Crippen molar-refractivity contribution >= 4 is 28.8 Å². The van der Waals surface area contributed by atoms with Crippen molar-refractivity contribution in [3.63, 3.8) is 0 Å². The van der Waals surface area contributed by atoms with E-state index in [1.54, 1.807) is 0 Å². The van der Waals surface area contributed by atoms with E-state index < -0.39 is 0 Å². The number of nitrogens with one attached hydrogen (secondary N) is 1. The highest BCUT2D eigenvalue weighted by Gasteiger charge is 2.15. The van der Waals surface area contributed by atoms with E-state index in [1.807, 2.05) is 11.3 Å². The summed E-state index contributed by atoms with van der Waals surface area (Å²) in [4.78, 5) is 4.29. The summed E-state index contributed by atoms with van der Waals surface area (Å²) in [6.07, 6.45) is 6.75. The first-order chi connectivity index (χ1) is 10.3. The van der Waals surface area contributed by atoms with Gasteiger partial charge in [0.25, 0.3) is 0 Å². The second-order valence-electron chi connectivity index (χ2n) is 5.62. The molecule has 2 aromatic rings. The summed E-state index contributed by atoms with van der Waals surface area (Å²) in [7, 11) is 0. The topological polar surface area (TPSA) is 12.0 Å². The minimum Gasteiger partial charge on any atom is -0.380 e. The summed E-state index contributed by atoms with van der Waals surface area (Å²) in [5.41, 5.74) is 1.22. The molecular weight excluding hydrogens is 294 g/mol. The van der Waals surface area contributed by atoms with Gasteiger partial charge in [-0.2, -0.15) is 0 Å². The van der Waals surface area contributed by atoms with Crippen molar-refractivity contribution < 1.29 is 0 Å². The number of anilines is 1. The van der Waals surface area contributed by atoms with Gasteiger partial charge in [0.15, 0.2) is 0 Å². The fourth-order valence-electron chi connectivity index (χ4n) is 2.75. The summed E-state index contributed by atoms with van der Waals surface area (Å²) in [6.45, 7) is 3.14. The number of thioether (sulfide) groups is 1. The SMILES string of the molecule is CCc1ccc(CNc2ccc(SC3CCCC3)cc2)s1. The van der Waals surface area contributed by atoms with Gasteiger partial charge in [0.2, 0.25) is 0 Å². The molecule has 1 N–H and O–H groups in total. The average molecular weight is 318 g/mol. The van der Waals surface area contributed by atoms with E-state index in [-0.39, 0.29) is 0 Å². The molecule has 21 heavy (non-hydrogen) atoms. The van der Waals surface area contributed by atoms with Crippen LogP contribution < -0.4 is 5.32 Å². The lowest BCUT2D eigenvalue weighted by molar-refractivity contribution is 0.886. The molecular formula is C18H23NS2. The van der Waals surface area contributed by atoms with Crippen LogP contribution in [0.3, 0.4) is 0 Å². The van der Waals surface area contributed by atoms with E-state index in [9.17, 15) is 0 Å². The van der Waals surface area contributed by atoms with Crippen LogP contribution in [-0.4, -0.2) is 5.25 Å². The fourth-order valence-corrected chi connectivity index (χ4v) is 4.89. The number of hydrogen-bond donors (Lipinski definition) is 1. The second kappa shape index (κ2) is 7.37. The number of thiophene rings is 1. The van der Waals surface area contributed by atoms with Gasteiger partial charge in [-0.05, 0) is 55.7 Å². The monoisotopic (exact) mass is 317 g/mol. The minimum atomic E-state index is 0.849. The Hall–Kier alpha value is -0.930. The highest BCUT2D eigenvalue weighted by molar-refractivity contribution is 8.00. The number of hydrogen-bond acceptors (Lipinski definition) is 3. The molecule has 0 amide bonds. The lowest BCUT2D eigenvalue weighted by Gasteiger charge is -2.10. The van der Waals surface area contributed by atoms with E-state index in [2.05, 4.69) is 60.4 Å². The first-order valence-electron chi connectivity index (χ1n) is 7.91. The summed E-state index contributed by atoms with van der Waals surface area (Å²) < 4.78 is 0. The normalized spacial score (nSPS) is 15.5. The highest BCUT2D eigenvalue weighted by Crippen LogP contribution is 2.35. The summed E-state index contributed by atoms with van der Waals surface area (Å²) >= 11 is 3.96. The van der Waals surface area contributed by atoms with Gasteiger partial charge in [0, 0.05) is 32.1 Å². The molecule has 1 aliphatic carbocycles. The number of benzene rings is 1. The van der Waals surface area contributed by atoms with Crippen LogP contribution in [0.15, 0.2) is 41.3 Å². The Morgan fingerprint density at radius 2 is 1.76 bits per heavy atom. The van der Waals surface area contributed by atoms with Gasteiger partial charge in [-0.3, -0.25) is 0 Å². The molecule has 1 saturated carbocycles. The van der Waals surface area contributed by atoms with Crippen LogP contribution in [0.1, 0.15) is 42.4 Å². The van der Waals surface area contributed by atoms with Crippen molar-refractivity contribution in [3.8, 4) is 0 Å². The van der Waals surface area contributed by atoms with Crippen molar-refractivity contribution in [2.75, 3.05) is 5.32 Å². The Bertz CT molecular complexity index is 553. The largest absolute Gasteiger partial charge is 0.380 e. The molecule has 0 bridgehead atoms. The van der Waals surface area contributed by atoms with Crippen LogP contribution in [0.4, 0.5) is 5.69 Å². The summed E-state index contributed by atoms with van der Waals surface area (Å²) in [5.74, 6) is 0. The summed E-state index contributed by atoms with van der Waals surface area (Å²) in [6, 6.07) is 13.4. The highest BCUT2D eigenvalue weighted by atomic mass is 32.2. The lowest BCUT2D eigenvalue weighted by atomic mass is 10.3. The second-order valence-corrected chi connectivity index (χ2v) is 8.25. The quantitative estimate of drug-likeness (QED) is 0.705. The van der Waals surface area contributed by atoms with E-state index in [0.29, 0.717) is 0 Å². The maximum absolute atomic E-state index is 3.52. The van der Waals surface area contributed by atoms with Crippen LogP contribution in [0.5, 0.6) is 0 Å². The van der Waals surface area contributed by atoms with Gasteiger partial charge in [0.05, 0.1) is 0 Å². The van der Waals surface area contributed by atoms with Crippen molar-refractivity contribution in [1.82, 2.24) is 0 Å². The molecule has 112 valence electrons. The lowest BCUT2D eigenvalue weighted by Crippen LogP contribution is -1.97. The summed E-state index contributed by atoms with van der Waals surface area (Å²) in [5, 5.41) is 4.37. The van der Waals surface area contributed by atoms with Gasteiger partial charge >= 0.3 is 0 Å². The van der Waals surface area contributed by atoms with Crippen molar-refractivity contribution in [1.29, 1.82) is 0 Å². The zero-order chi connectivity index (χ0) is 14.5. The average Bonchev–Trinajstić information content (AvgIpc) is 3.18. The van der Waals surface area contributed by atoms with Gasteiger partial charge < -0.3 is 5.32 Å². The third kappa shape index (κ3) is 4.27. The molecule has 0 radical (unpaired) electrons. The van der Waals surface area contributed by atoms with Crippen molar-refractivity contribution in [3.05, 3.63) is 46.2 Å². The van der Waals surface area contributed by atoms with Crippen LogP contribution in [-0.2, 0) is 13.0 Å². The molecule has 1 aromatic heterocycles. The van der Waals surface area contributed by atoms with Gasteiger partial charge in [-0.1, -0.05) is 19.8 Å². The van der Waals surface area contributed by atoms with Crippen LogP contribution in [0.2, 0.25) is 0 Å². The fraction of sp³-hybridized carbons (Fsp3) is 0.444. The maximum Gasteiger partial charge on any atom is 0.0494 e. The molecule has 1 fully saturated rings. The molecule has 1 nitrogen and oxygen atoms in total. The Labute approximate surface area is 136 Å². The Kier molecular flexibility index (Phi) is 5.26. The smallest absolute Gasteiger partial charge is 0.0494 e. The number of rotatable bonds is 6. The first kappa shape index (κ1) is 15.0. The Balaban J connectivity index is 1.51. The molecule has 1 heterocycles. The third-order valence-electron chi connectivity index (χ3n) is 3.99. The molecule has 0 spiro atoms. The van der Waals surface area contributed by atoms with Gasteiger partial charge in [-0.15, -0.1) is 23.1 Å². The number of aryl methyl sites for hydroxylation is 1. The standard InChI is InChI=1S/C18H23NS2/c1-2-15-11-12-18(20-15)13-19-14-7-9-17(10-8-14)21-16-5-3-4-6-16/h7-12,16,19H,2-6,13H2,1H3. The van der Waals surface area contributed by atoms with Crippen LogP contribution in [0.25, 0.3) is 0 Å². The third-order valence-corrected chi connectivity index (χ3v) is 6.57. The molecule has 0 unspecified atom stereocenters. The van der Waals surface area contributed by atoms with Gasteiger partial charge in [0.1, 0.15) is 0 Å². The van der Waals surface area contributed by atoms with Crippen LogP contribution in [0, 0.1) is 0 Å².